The monoisotopic (exact) mass is 402 g/mol. The lowest BCUT2D eigenvalue weighted by Crippen LogP contribution is -2.54. The van der Waals surface area contributed by atoms with E-state index in [9.17, 15) is 0 Å². The Morgan fingerprint density at radius 1 is 1.24 bits per heavy atom. The lowest BCUT2D eigenvalue weighted by Gasteiger charge is -2.41. The molecule has 162 valence electrons. The van der Waals surface area contributed by atoms with E-state index < -0.39 is 0 Å². The van der Waals surface area contributed by atoms with Crippen LogP contribution in [0.2, 0.25) is 0 Å². The van der Waals surface area contributed by atoms with Gasteiger partial charge in [-0.25, -0.2) is 0 Å². The highest BCUT2D eigenvalue weighted by atomic mass is 16.5. The van der Waals surface area contributed by atoms with Crippen LogP contribution in [-0.2, 0) is 11.3 Å². The second-order valence-corrected chi connectivity index (χ2v) is 8.85. The Kier molecular flexibility index (Phi) is 7.78. The molecule has 1 unspecified atom stereocenters. The minimum absolute atomic E-state index is 0.110. The summed E-state index contributed by atoms with van der Waals surface area (Å²) in [5.41, 5.74) is 2.45. The van der Waals surface area contributed by atoms with Crippen LogP contribution in [0.15, 0.2) is 23.2 Å². The van der Waals surface area contributed by atoms with E-state index >= 15 is 0 Å². The largest absolute Gasteiger partial charge is 0.488 e. The van der Waals surface area contributed by atoms with Crippen LogP contribution in [0, 0.1) is 6.92 Å². The quantitative estimate of drug-likeness (QED) is 0.542. The van der Waals surface area contributed by atoms with Crippen LogP contribution in [0.3, 0.4) is 0 Å². The van der Waals surface area contributed by atoms with Gasteiger partial charge in [-0.1, -0.05) is 18.6 Å². The fourth-order valence-electron chi connectivity index (χ4n) is 4.01. The first-order chi connectivity index (χ1) is 14.0. The Balaban J connectivity index is 1.55. The van der Waals surface area contributed by atoms with Gasteiger partial charge in [-0.05, 0) is 58.3 Å². The molecule has 3 rings (SSSR count). The molecule has 2 N–H and O–H groups in total. The van der Waals surface area contributed by atoms with E-state index in [-0.39, 0.29) is 11.6 Å². The summed E-state index contributed by atoms with van der Waals surface area (Å²) in [6, 6.07) is 6.38. The Labute approximate surface area is 176 Å². The van der Waals surface area contributed by atoms with Crippen molar-refractivity contribution in [1.82, 2.24) is 15.5 Å². The summed E-state index contributed by atoms with van der Waals surface area (Å²) in [5, 5.41) is 6.97. The average Bonchev–Trinajstić information content (AvgIpc) is 3.23. The van der Waals surface area contributed by atoms with Crippen LogP contribution in [0.5, 0.6) is 5.75 Å². The van der Waals surface area contributed by atoms with E-state index in [1.54, 1.807) is 0 Å². The number of likely N-dealkylation sites (tertiary alicyclic amines) is 1. The van der Waals surface area contributed by atoms with Crippen molar-refractivity contribution >= 4 is 5.96 Å². The lowest BCUT2D eigenvalue weighted by atomic mass is 9.98. The molecule has 29 heavy (non-hydrogen) atoms. The molecule has 6 nitrogen and oxygen atoms in total. The van der Waals surface area contributed by atoms with Crippen molar-refractivity contribution in [1.29, 1.82) is 0 Å². The number of ether oxygens (including phenoxy) is 2. The number of benzene rings is 1. The summed E-state index contributed by atoms with van der Waals surface area (Å²) >= 11 is 0. The molecule has 2 heterocycles. The molecular formula is C23H38N4O2. The van der Waals surface area contributed by atoms with Gasteiger partial charge in [0.25, 0.3) is 0 Å². The number of aryl methyl sites for hydroxylation is 1. The fraction of sp³-hybridized carbons (Fsp3) is 0.696. The minimum Gasteiger partial charge on any atom is -0.488 e. The molecule has 0 spiro atoms. The number of nitrogens with zero attached hydrogens (tertiary/aromatic N) is 2. The maximum atomic E-state index is 6.21. The number of hydrogen-bond donors (Lipinski definition) is 2. The highest BCUT2D eigenvalue weighted by Crippen LogP contribution is 2.24. The molecule has 1 atom stereocenters. The van der Waals surface area contributed by atoms with Gasteiger partial charge in [0.1, 0.15) is 11.9 Å². The van der Waals surface area contributed by atoms with E-state index in [0.29, 0.717) is 13.2 Å². The molecule has 0 aliphatic carbocycles. The van der Waals surface area contributed by atoms with Crippen LogP contribution in [0.25, 0.3) is 0 Å². The van der Waals surface area contributed by atoms with E-state index in [2.05, 4.69) is 59.5 Å². The van der Waals surface area contributed by atoms with Gasteiger partial charge < -0.3 is 20.1 Å². The number of piperidine rings is 1. The summed E-state index contributed by atoms with van der Waals surface area (Å²) in [4.78, 5) is 7.01. The normalized spacial score (nSPS) is 21.2. The van der Waals surface area contributed by atoms with Gasteiger partial charge in [-0.15, -0.1) is 0 Å². The molecule has 0 radical (unpaired) electrons. The van der Waals surface area contributed by atoms with Gasteiger partial charge in [0.2, 0.25) is 0 Å². The topological polar surface area (TPSA) is 58.1 Å². The first-order valence-electron chi connectivity index (χ1n) is 11.0. The Morgan fingerprint density at radius 3 is 2.72 bits per heavy atom. The zero-order chi connectivity index (χ0) is 20.7. The van der Waals surface area contributed by atoms with Crippen molar-refractivity contribution < 1.29 is 9.47 Å². The number of nitrogens with one attached hydrogen (secondary N) is 2. The van der Waals surface area contributed by atoms with Crippen molar-refractivity contribution in [3.05, 3.63) is 29.3 Å². The average molecular weight is 403 g/mol. The molecule has 2 aliphatic rings. The first kappa shape index (κ1) is 21.9. The molecule has 2 aliphatic heterocycles. The predicted molar refractivity (Wildman–Crippen MR) is 119 cm³/mol. The number of hydrogen-bond acceptors (Lipinski definition) is 4. The van der Waals surface area contributed by atoms with Crippen molar-refractivity contribution in [3.8, 4) is 5.75 Å². The third kappa shape index (κ3) is 6.34. The third-order valence-electron chi connectivity index (χ3n) is 5.97. The minimum atomic E-state index is 0.110. The molecule has 1 aromatic carbocycles. The smallest absolute Gasteiger partial charge is 0.191 e. The summed E-state index contributed by atoms with van der Waals surface area (Å²) in [5.74, 6) is 1.77. The maximum Gasteiger partial charge on any atom is 0.191 e. The van der Waals surface area contributed by atoms with Gasteiger partial charge >= 0.3 is 0 Å². The second kappa shape index (κ2) is 10.3. The van der Waals surface area contributed by atoms with Crippen molar-refractivity contribution in [2.45, 2.75) is 64.6 Å². The fourth-order valence-corrected chi connectivity index (χ4v) is 4.01. The van der Waals surface area contributed by atoms with Gasteiger partial charge in [0, 0.05) is 37.7 Å². The van der Waals surface area contributed by atoms with E-state index in [1.165, 1.54) is 37.9 Å². The van der Waals surface area contributed by atoms with Gasteiger partial charge in [-0.2, -0.15) is 0 Å². The van der Waals surface area contributed by atoms with Crippen LogP contribution >= 0.6 is 0 Å². The van der Waals surface area contributed by atoms with Crippen LogP contribution < -0.4 is 15.4 Å². The van der Waals surface area contributed by atoms with Gasteiger partial charge in [0.15, 0.2) is 5.96 Å². The predicted octanol–water partition coefficient (Wildman–Crippen LogP) is 3.09. The molecule has 2 fully saturated rings. The molecule has 0 amide bonds. The summed E-state index contributed by atoms with van der Waals surface area (Å²) in [6.45, 7) is 12.1. The third-order valence-corrected chi connectivity index (χ3v) is 5.97. The highest BCUT2D eigenvalue weighted by Gasteiger charge is 2.28. The van der Waals surface area contributed by atoms with Crippen LogP contribution in [0.1, 0.15) is 50.7 Å². The van der Waals surface area contributed by atoms with E-state index in [1.807, 2.05) is 7.05 Å². The zero-order valence-electron chi connectivity index (χ0n) is 18.6. The SMILES string of the molecule is CN=C(NCc1ccc(C)cc1OC1CCOC1)NCC(C)(C)N1CCCCC1. The molecule has 6 heteroatoms. The van der Waals surface area contributed by atoms with Crippen molar-refractivity contribution in [2.24, 2.45) is 4.99 Å². The zero-order valence-corrected chi connectivity index (χ0v) is 18.6. The summed E-state index contributed by atoms with van der Waals surface area (Å²) < 4.78 is 11.7. The molecule has 0 bridgehead atoms. The molecule has 0 saturated carbocycles. The van der Waals surface area contributed by atoms with E-state index in [4.69, 9.17) is 9.47 Å². The van der Waals surface area contributed by atoms with Crippen LogP contribution in [-0.4, -0.2) is 62.4 Å². The Bertz CT molecular complexity index is 677. The van der Waals surface area contributed by atoms with Gasteiger partial charge in [0.05, 0.1) is 13.2 Å². The number of rotatable bonds is 7. The van der Waals surface area contributed by atoms with Crippen molar-refractivity contribution in [2.75, 3.05) is 39.9 Å². The van der Waals surface area contributed by atoms with Crippen LogP contribution in [0.4, 0.5) is 0 Å². The molecule has 1 aromatic rings. The highest BCUT2D eigenvalue weighted by molar-refractivity contribution is 5.79. The summed E-state index contributed by atoms with van der Waals surface area (Å²) in [7, 11) is 1.83. The van der Waals surface area contributed by atoms with Crippen molar-refractivity contribution in [3.63, 3.8) is 0 Å². The number of aliphatic imine (C=N–C) groups is 1. The van der Waals surface area contributed by atoms with Gasteiger partial charge in [-0.3, -0.25) is 9.89 Å². The lowest BCUT2D eigenvalue weighted by molar-refractivity contribution is 0.0982. The summed E-state index contributed by atoms with van der Waals surface area (Å²) in [6.07, 6.45) is 5.07. The molecule has 0 aromatic heterocycles. The molecule has 2 saturated heterocycles. The Morgan fingerprint density at radius 2 is 2.03 bits per heavy atom. The standard InChI is InChI=1S/C23H38N4O2/c1-18-8-9-19(21(14-18)29-20-10-13-28-16-20)15-25-22(24-4)26-17-23(2,3)27-11-6-5-7-12-27/h8-9,14,20H,5-7,10-13,15-17H2,1-4H3,(H2,24,25,26). The first-order valence-corrected chi connectivity index (χ1v) is 11.0. The second-order valence-electron chi connectivity index (χ2n) is 8.85. The number of guanidine groups is 1. The van der Waals surface area contributed by atoms with E-state index in [0.717, 1.165) is 36.8 Å². The Hall–Kier alpha value is -1.79. The maximum absolute atomic E-state index is 6.21. The molecular weight excluding hydrogens is 364 g/mol.